The van der Waals surface area contributed by atoms with Crippen molar-refractivity contribution >= 4 is 34.5 Å². The Morgan fingerprint density at radius 1 is 1.44 bits per heavy atom. The highest BCUT2D eigenvalue weighted by molar-refractivity contribution is 8.04. The Morgan fingerprint density at radius 2 is 2.36 bits per heavy atom. The Labute approximate surface area is 150 Å². The average Bonchev–Trinajstić information content (AvgIpc) is 3.28. The zero-order valence-corrected chi connectivity index (χ0v) is 14.8. The van der Waals surface area contributed by atoms with Crippen LogP contribution in [0.15, 0.2) is 29.7 Å². The largest absolute Gasteiger partial charge is 0.351 e. The van der Waals surface area contributed by atoms with Gasteiger partial charge in [0, 0.05) is 37.3 Å². The maximum absolute atomic E-state index is 12.5. The van der Waals surface area contributed by atoms with Crippen molar-refractivity contribution in [2.75, 3.05) is 23.7 Å². The fourth-order valence-electron chi connectivity index (χ4n) is 3.51. The molecule has 2 aromatic heterocycles. The van der Waals surface area contributed by atoms with E-state index in [1.807, 2.05) is 23.4 Å². The van der Waals surface area contributed by atoms with Gasteiger partial charge in [0.2, 0.25) is 0 Å². The molecule has 2 aromatic rings. The number of nitrogens with one attached hydrogen (secondary N) is 2. The summed E-state index contributed by atoms with van der Waals surface area (Å²) in [7, 11) is 0. The van der Waals surface area contributed by atoms with Gasteiger partial charge in [-0.25, -0.2) is 9.97 Å². The second-order valence-electron chi connectivity index (χ2n) is 6.54. The normalized spacial score (nSPS) is 23.7. The van der Waals surface area contributed by atoms with Crippen molar-refractivity contribution in [1.82, 2.24) is 20.3 Å². The third-order valence-corrected chi connectivity index (χ3v) is 5.92. The average molecular weight is 358 g/mol. The van der Waals surface area contributed by atoms with Crippen molar-refractivity contribution in [3.63, 3.8) is 0 Å². The lowest BCUT2D eigenvalue weighted by atomic mass is 10.1. The molecule has 0 aromatic carbocycles. The molecule has 1 amide bonds. The first-order chi connectivity index (χ1) is 12.2. The molecular formula is C17H22N6OS. The molecule has 0 spiro atoms. The molecule has 132 valence electrons. The number of H-pyrrole nitrogens is 1. The summed E-state index contributed by atoms with van der Waals surface area (Å²) in [6, 6.07) is 2.18. The Bertz CT molecular complexity index is 803. The number of fused-ring (bicyclic) bond motifs is 1. The van der Waals surface area contributed by atoms with E-state index in [1.54, 1.807) is 18.1 Å². The molecule has 2 atom stereocenters. The molecule has 0 bridgehead atoms. The standard InChI is InChI=1S/C17H22N6OS/c18-13-3-1-2-11(13)8-20-17(24)14-9-23(6-7-25-14)16-12-4-5-19-15(12)21-10-22-16/h4-5,9-11,13H,1-3,6-8,18H2,(H,20,24)(H,19,21,22)/t11-,13+/m1/s1. The molecular weight excluding hydrogens is 336 g/mol. The van der Waals surface area contributed by atoms with E-state index < -0.39 is 0 Å². The number of aromatic nitrogens is 3. The molecule has 1 saturated carbocycles. The number of nitrogens with zero attached hydrogens (tertiary/aromatic N) is 3. The van der Waals surface area contributed by atoms with Gasteiger partial charge in [-0.3, -0.25) is 4.79 Å². The third kappa shape index (κ3) is 3.36. The lowest BCUT2D eigenvalue weighted by Crippen LogP contribution is -2.37. The zero-order valence-electron chi connectivity index (χ0n) is 13.9. The molecule has 1 fully saturated rings. The summed E-state index contributed by atoms with van der Waals surface area (Å²) < 4.78 is 0. The number of rotatable bonds is 4. The van der Waals surface area contributed by atoms with Crippen LogP contribution in [0.5, 0.6) is 0 Å². The number of aromatic amines is 1. The minimum atomic E-state index is -0.0202. The van der Waals surface area contributed by atoms with Crippen LogP contribution >= 0.6 is 11.8 Å². The summed E-state index contributed by atoms with van der Waals surface area (Å²) in [5.74, 6) is 2.05. The van der Waals surface area contributed by atoms with Crippen molar-refractivity contribution in [3.05, 3.63) is 29.7 Å². The maximum Gasteiger partial charge on any atom is 0.259 e. The predicted octanol–water partition coefficient (Wildman–Crippen LogP) is 1.60. The number of amides is 1. The van der Waals surface area contributed by atoms with Crippen LogP contribution in [0.4, 0.5) is 5.82 Å². The Balaban J connectivity index is 1.48. The Hall–Kier alpha value is -2.06. The van der Waals surface area contributed by atoms with Crippen LogP contribution in [0.2, 0.25) is 0 Å². The van der Waals surface area contributed by atoms with E-state index in [1.165, 1.54) is 0 Å². The molecule has 25 heavy (non-hydrogen) atoms. The van der Waals surface area contributed by atoms with Gasteiger partial charge in [0.25, 0.3) is 5.91 Å². The minimum Gasteiger partial charge on any atom is -0.351 e. The summed E-state index contributed by atoms with van der Waals surface area (Å²) in [5, 5.41) is 4.02. The fourth-order valence-corrected chi connectivity index (χ4v) is 4.42. The number of anilines is 1. The number of thioether (sulfide) groups is 1. The molecule has 3 heterocycles. The maximum atomic E-state index is 12.5. The summed E-state index contributed by atoms with van der Waals surface area (Å²) in [5.41, 5.74) is 6.89. The number of hydrogen-bond acceptors (Lipinski definition) is 6. The smallest absolute Gasteiger partial charge is 0.259 e. The van der Waals surface area contributed by atoms with Gasteiger partial charge in [-0.05, 0) is 24.8 Å². The molecule has 1 aliphatic heterocycles. The Kier molecular flexibility index (Phi) is 4.63. The van der Waals surface area contributed by atoms with Gasteiger partial charge in [-0.1, -0.05) is 6.42 Å². The van der Waals surface area contributed by atoms with Gasteiger partial charge in [-0.15, -0.1) is 11.8 Å². The first kappa shape index (κ1) is 16.4. The van der Waals surface area contributed by atoms with E-state index in [9.17, 15) is 4.79 Å². The monoisotopic (exact) mass is 358 g/mol. The third-order valence-electron chi connectivity index (χ3n) is 4.93. The molecule has 7 nitrogen and oxygen atoms in total. The van der Waals surface area contributed by atoms with Crippen molar-refractivity contribution in [2.24, 2.45) is 11.7 Å². The molecule has 0 unspecified atom stereocenters. The zero-order chi connectivity index (χ0) is 17.2. The van der Waals surface area contributed by atoms with Crippen LogP contribution in [-0.4, -0.2) is 45.7 Å². The molecule has 1 aliphatic carbocycles. The highest BCUT2D eigenvalue weighted by atomic mass is 32.2. The molecule has 2 aliphatic rings. The molecule has 4 N–H and O–H groups in total. The van der Waals surface area contributed by atoms with Gasteiger partial charge in [0.05, 0.1) is 10.3 Å². The van der Waals surface area contributed by atoms with Crippen molar-refractivity contribution in [2.45, 2.75) is 25.3 Å². The minimum absolute atomic E-state index is 0.0202. The first-order valence-electron chi connectivity index (χ1n) is 8.65. The van der Waals surface area contributed by atoms with Crippen LogP contribution in [0.25, 0.3) is 11.0 Å². The molecule has 4 rings (SSSR count). The summed E-state index contributed by atoms with van der Waals surface area (Å²) >= 11 is 1.59. The van der Waals surface area contributed by atoms with Gasteiger partial charge in [0.15, 0.2) is 0 Å². The van der Waals surface area contributed by atoms with Crippen LogP contribution in [-0.2, 0) is 4.79 Å². The van der Waals surface area contributed by atoms with E-state index in [0.717, 1.165) is 53.3 Å². The number of carbonyl (C=O) groups excluding carboxylic acids is 1. The van der Waals surface area contributed by atoms with E-state index in [0.29, 0.717) is 12.5 Å². The van der Waals surface area contributed by atoms with Crippen LogP contribution in [0.3, 0.4) is 0 Å². The quantitative estimate of drug-likeness (QED) is 0.768. The van der Waals surface area contributed by atoms with E-state index >= 15 is 0 Å². The van der Waals surface area contributed by atoms with Gasteiger partial charge < -0.3 is 20.9 Å². The SMILES string of the molecule is N[C@H]1CCC[C@@H]1CNC(=O)C1=CN(c2ncnc3[nH]ccc23)CCS1. The molecule has 0 saturated heterocycles. The van der Waals surface area contributed by atoms with Gasteiger partial charge in [0.1, 0.15) is 17.8 Å². The second-order valence-corrected chi connectivity index (χ2v) is 7.67. The van der Waals surface area contributed by atoms with Crippen LogP contribution in [0, 0.1) is 5.92 Å². The molecule has 8 heteroatoms. The summed E-state index contributed by atoms with van der Waals surface area (Å²) in [4.78, 5) is 27.0. The van der Waals surface area contributed by atoms with Crippen molar-refractivity contribution in [1.29, 1.82) is 0 Å². The second kappa shape index (κ2) is 7.05. The molecule has 0 radical (unpaired) electrons. The Morgan fingerprint density at radius 3 is 3.20 bits per heavy atom. The van der Waals surface area contributed by atoms with E-state index in [-0.39, 0.29) is 11.9 Å². The number of hydrogen-bond donors (Lipinski definition) is 3. The van der Waals surface area contributed by atoms with E-state index in [4.69, 9.17) is 5.73 Å². The summed E-state index contributed by atoms with van der Waals surface area (Å²) in [6.45, 7) is 1.47. The van der Waals surface area contributed by atoms with Crippen molar-refractivity contribution in [3.8, 4) is 0 Å². The fraction of sp³-hybridized carbons (Fsp3) is 0.471. The lowest BCUT2D eigenvalue weighted by Gasteiger charge is -2.26. The summed E-state index contributed by atoms with van der Waals surface area (Å²) in [6.07, 6.45) is 8.62. The van der Waals surface area contributed by atoms with Crippen LogP contribution in [0.1, 0.15) is 19.3 Å². The van der Waals surface area contributed by atoms with E-state index in [2.05, 4.69) is 20.3 Å². The van der Waals surface area contributed by atoms with Crippen LogP contribution < -0.4 is 16.0 Å². The highest BCUT2D eigenvalue weighted by Gasteiger charge is 2.25. The first-order valence-corrected chi connectivity index (χ1v) is 9.64. The number of nitrogens with two attached hydrogens (primary N) is 1. The predicted molar refractivity (Wildman–Crippen MR) is 100 cm³/mol. The number of carbonyl (C=O) groups is 1. The highest BCUT2D eigenvalue weighted by Crippen LogP contribution is 2.29. The van der Waals surface area contributed by atoms with Gasteiger partial charge >= 0.3 is 0 Å². The van der Waals surface area contributed by atoms with Crippen molar-refractivity contribution < 1.29 is 4.79 Å². The van der Waals surface area contributed by atoms with Gasteiger partial charge in [-0.2, -0.15) is 0 Å². The lowest BCUT2D eigenvalue weighted by molar-refractivity contribution is -0.117. The topological polar surface area (TPSA) is 99.9 Å².